The molecule has 0 N–H and O–H groups in total. The summed E-state index contributed by atoms with van der Waals surface area (Å²) in [6.45, 7) is 9.92. The highest BCUT2D eigenvalue weighted by Gasteiger charge is 2.50. The molecule has 0 radical (unpaired) electrons. The molecular formula is C12H22. The van der Waals surface area contributed by atoms with Gasteiger partial charge in [0.25, 0.3) is 0 Å². The molecule has 0 aromatic heterocycles. The molecule has 2 rings (SSSR count). The topological polar surface area (TPSA) is 0 Å². The summed E-state index contributed by atoms with van der Waals surface area (Å²) in [5, 5.41) is 0. The minimum Gasteiger partial charge on any atom is -0.0622 e. The first-order valence-electron chi connectivity index (χ1n) is 5.53. The van der Waals surface area contributed by atoms with E-state index >= 15 is 0 Å². The maximum Gasteiger partial charge on any atom is -0.0295 e. The lowest BCUT2D eigenvalue weighted by molar-refractivity contribution is 0.0398. The number of hydrogen-bond donors (Lipinski definition) is 0. The predicted molar refractivity (Wildman–Crippen MR) is 52.9 cm³/mol. The first-order chi connectivity index (χ1) is 5.53. The summed E-state index contributed by atoms with van der Waals surface area (Å²) in [6, 6.07) is 0. The van der Waals surface area contributed by atoms with Crippen LogP contribution in [0.3, 0.4) is 0 Å². The molecule has 0 aromatic carbocycles. The summed E-state index contributed by atoms with van der Waals surface area (Å²) in [6.07, 6.45) is 4.50. The van der Waals surface area contributed by atoms with Gasteiger partial charge in [-0.3, -0.25) is 0 Å². The normalized spacial score (nSPS) is 51.0. The maximum absolute atomic E-state index is 2.50. The smallest absolute Gasteiger partial charge is 0.0295 e. The van der Waals surface area contributed by atoms with Crippen molar-refractivity contribution in [1.29, 1.82) is 0 Å². The van der Waals surface area contributed by atoms with E-state index in [0.717, 1.165) is 23.7 Å². The fraction of sp³-hybridized carbons (Fsp3) is 1.00. The Morgan fingerprint density at radius 2 is 1.75 bits per heavy atom. The first-order valence-corrected chi connectivity index (χ1v) is 5.53. The van der Waals surface area contributed by atoms with E-state index in [-0.39, 0.29) is 0 Å². The zero-order valence-corrected chi connectivity index (χ0v) is 8.93. The van der Waals surface area contributed by atoms with Crippen LogP contribution in [0.25, 0.3) is 0 Å². The van der Waals surface area contributed by atoms with Gasteiger partial charge in [-0.25, -0.2) is 0 Å². The van der Waals surface area contributed by atoms with Gasteiger partial charge >= 0.3 is 0 Å². The Bertz CT molecular complexity index is 180. The highest BCUT2D eigenvalue weighted by molar-refractivity contribution is 4.99. The Morgan fingerprint density at radius 1 is 1.08 bits per heavy atom. The van der Waals surface area contributed by atoms with Gasteiger partial charge in [-0.1, -0.05) is 27.7 Å². The van der Waals surface area contributed by atoms with Crippen molar-refractivity contribution in [2.75, 3.05) is 0 Å². The Balaban J connectivity index is 2.26. The second-order valence-corrected chi connectivity index (χ2v) is 5.77. The Hall–Kier alpha value is 0. The molecule has 2 aliphatic rings. The highest BCUT2D eigenvalue weighted by Crippen LogP contribution is 2.58. The zero-order valence-electron chi connectivity index (χ0n) is 8.93. The molecule has 2 fully saturated rings. The fourth-order valence-corrected chi connectivity index (χ4v) is 3.85. The number of hydrogen-bond acceptors (Lipinski definition) is 0. The lowest BCUT2D eigenvalue weighted by atomic mass is 9.60. The molecule has 0 amide bonds. The monoisotopic (exact) mass is 166 g/mol. The van der Waals surface area contributed by atoms with Gasteiger partial charge in [-0.05, 0) is 48.3 Å². The van der Waals surface area contributed by atoms with Gasteiger partial charge in [0.05, 0.1) is 0 Å². The molecule has 2 bridgehead atoms. The molecule has 0 heterocycles. The van der Waals surface area contributed by atoms with Crippen molar-refractivity contribution >= 4 is 0 Å². The van der Waals surface area contributed by atoms with Crippen molar-refractivity contribution < 1.29 is 0 Å². The van der Waals surface area contributed by atoms with Crippen LogP contribution in [0.1, 0.15) is 47.0 Å². The highest BCUT2D eigenvalue weighted by atomic mass is 14.5. The minimum atomic E-state index is 0.659. The predicted octanol–water partition coefficient (Wildman–Crippen LogP) is 3.71. The third-order valence-electron chi connectivity index (χ3n) is 5.02. The molecule has 70 valence electrons. The molecule has 0 aliphatic heterocycles. The second-order valence-electron chi connectivity index (χ2n) is 5.77. The number of fused-ring (bicyclic) bond motifs is 2. The Labute approximate surface area is 76.7 Å². The van der Waals surface area contributed by atoms with Crippen LogP contribution in [-0.4, -0.2) is 0 Å². The Morgan fingerprint density at radius 3 is 2.42 bits per heavy atom. The van der Waals surface area contributed by atoms with Crippen molar-refractivity contribution in [3.05, 3.63) is 0 Å². The van der Waals surface area contributed by atoms with E-state index < -0.39 is 0 Å². The molecule has 4 atom stereocenters. The summed E-state index contributed by atoms with van der Waals surface area (Å²) in [4.78, 5) is 0. The second kappa shape index (κ2) is 2.49. The lowest BCUT2D eigenvalue weighted by Gasteiger charge is -2.45. The average molecular weight is 166 g/mol. The van der Waals surface area contributed by atoms with Crippen LogP contribution >= 0.6 is 0 Å². The summed E-state index contributed by atoms with van der Waals surface area (Å²) in [5.74, 6) is 4.01. The molecule has 0 aromatic rings. The van der Waals surface area contributed by atoms with Gasteiger partial charge in [0, 0.05) is 0 Å². The molecule has 0 spiro atoms. The number of rotatable bonds is 0. The van der Waals surface area contributed by atoms with Crippen LogP contribution in [0.4, 0.5) is 0 Å². The van der Waals surface area contributed by atoms with E-state index in [9.17, 15) is 0 Å². The van der Waals surface area contributed by atoms with Crippen LogP contribution in [0.2, 0.25) is 0 Å². The minimum absolute atomic E-state index is 0.659. The molecule has 2 saturated carbocycles. The van der Waals surface area contributed by atoms with E-state index in [1.807, 2.05) is 0 Å². The molecule has 12 heavy (non-hydrogen) atoms. The van der Waals surface area contributed by atoms with Crippen molar-refractivity contribution in [1.82, 2.24) is 0 Å². The van der Waals surface area contributed by atoms with Gasteiger partial charge in [0.1, 0.15) is 0 Å². The quantitative estimate of drug-likeness (QED) is 0.514. The summed E-state index contributed by atoms with van der Waals surface area (Å²) in [5.41, 5.74) is 0.659. The van der Waals surface area contributed by atoms with Crippen LogP contribution in [0, 0.1) is 29.1 Å². The van der Waals surface area contributed by atoms with Gasteiger partial charge in [-0.15, -0.1) is 0 Å². The largest absolute Gasteiger partial charge is 0.0622 e. The fourth-order valence-electron chi connectivity index (χ4n) is 3.85. The van der Waals surface area contributed by atoms with Crippen molar-refractivity contribution in [2.24, 2.45) is 29.1 Å². The molecule has 4 unspecified atom stereocenters. The van der Waals surface area contributed by atoms with Crippen molar-refractivity contribution in [2.45, 2.75) is 47.0 Å². The lowest BCUT2D eigenvalue weighted by Crippen LogP contribution is -2.38. The molecule has 0 nitrogen and oxygen atoms in total. The van der Waals surface area contributed by atoms with Crippen LogP contribution < -0.4 is 0 Å². The van der Waals surface area contributed by atoms with E-state index in [1.54, 1.807) is 0 Å². The standard InChI is InChI=1S/C12H22/c1-8-7-10-5-6-11(9(8)2)12(10,3)4/h8-11H,5-7H2,1-4H3. The van der Waals surface area contributed by atoms with E-state index in [1.165, 1.54) is 19.3 Å². The van der Waals surface area contributed by atoms with Crippen LogP contribution in [0.5, 0.6) is 0 Å². The third-order valence-corrected chi connectivity index (χ3v) is 5.02. The zero-order chi connectivity index (χ0) is 8.93. The van der Waals surface area contributed by atoms with E-state index in [4.69, 9.17) is 0 Å². The average Bonchev–Trinajstić information content (AvgIpc) is 2.14. The van der Waals surface area contributed by atoms with E-state index in [2.05, 4.69) is 27.7 Å². The van der Waals surface area contributed by atoms with Gasteiger partial charge in [0.15, 0.2) is 0 Å². The van der Waals surface area contributed by atoms with Gasteiger partial charge in [0.2, 0.25) is 0 Å². The molecule has 2 aliphatic carbocycles. The third kappa shape index (κ3) is 0.963. The summed E-state index contributed by atoms with van der Waals surface area (Å²) < 4.78 is 0. The molecule has 0 saturated heterocycles. The maximum atomic E-state index is 2.50. The van der Waals surface area contributed by atoms with Gasteiger partial charge < -0.3 is 0 Å². The van der Waals surface area contributed by atoms with Gasteiger partial charge in [-0.2, -0.15) is 0 Å². The van der Waals surface area contributed by atoms with Crippen LogP contribution in [0.15, 0.2) is 0 Å². The molecular weight excluding hydrogens is 144 g/mol. The van der Waals surface area contributed by atoms with Crippen molar-refractivity contribution in [3.63, 3.8) is 0 Å². The summed E-state index contributed by atoms with van der Waals surface area (Å²) in [7, 11) is 0. The summed E-state index contributed by atoms with van der Waals surface area (Å²) >= 11 is 0. The first kappa shape index (κ1) is 8.59. The van der Waals surface area contributed by atoms with Crippen LogP contribution in [-0.2, 0) is 0 Å². The molecule has 0 heteroatoms. The van der Waals surface area contributed by atoms with Crippen molar-refractivity contribution in [3.8, 4) is 0 Å². The Kier molecular flexibility index (Phi) is 1.79. The van der Waals surface area contributed by atoms with E-state index in [0.29, 0.717) is 5.41 Å². The SMILES string of the molecule is CC1CC2CCC(C1C)C2(C)C.